The Bertz CT molecular complexity index is 1270. The lowest BCUT2D eigenvalue weighted by Crippen LogP contribution is -2.71. The Morgan fingerprint density at radius 1 is 1.43 bits per heavy atom. The van der Waals surface area contributed by atoms with E-state index >= 15 is 0 Å². The maximum Gasteiger partial charge on any atom is 0.352 e. The summed E-state index contributed by atoms with van der Waals surface area (Å²) in [5.41, 5.74) is 6.59. The number of nitrogen functional groups attached to an aromatic ring is 1. The van der Waals surface area contributed by atoms with Crippen molar-refractivity contribution in [1.82, 2.24) is 19.6 Å². The number of β-lactam (4-membered cyclic amide) rings is 1. The van der Waals surface area contributed by atoms with Gasteiger partial charge in [0, 0.05) is 35.5 Å². The second-order valence-electron chi connectivity index (χ2n) is 7.85. The topological polar surface area (TPSA) is 196 Å². The summed E-state index contributed by atoms with van der Waals surface area (Å²) in [7, 11) is 0. The average Bonchev–Trinajstić information content (AvgIpc) is 3.31. The zero-order valence-electron chi connectivity index (χ0n) is 19.7. The molecule has 14 nitrogen and oxygen atoms in total. The van der Waals surface area contributed by atoms with E-state index in [9.17, 15) is 19.5 Å². The standard InChI is InChI=1S/C21H24N8O6S2/c1-2-35-26-13(16-25-21(22)37-27-16)17(31)24-14-18(32)29-15(20(33)34)11(10-36-19(14)29)8-28-6-3-4-12(9-28)23-5-7-30/h3-4,6,9,14,19,23,30H,2,5,7-8,10H2,1H3,(H3-,22,24,25,27,31,33,34)/p+1/t14?,19-/m0/s1. The van der Waals surface area contributed by atoms with Crippen LogP contribution in [0.15, 0.2) is 41.0 Å². The zero-order chi connectivity index (χ0) is 26.5. The first-order chi connectivity index (χ1) is 17.8. The van der Waals surface area contributed by atoms with Crippen molar-refractivity contribution in [1.29, 1.82) is 0 Å². The minimum absolute atomic E-state index is 0.0245. The van der Waals surface area contributed by atoms with Crippen molar-refractivity contribution < 1.29 is 34.0 Å². The number of rotatable bonds is 11. The number of thioether (sulfide) groups is 1. The van der Waals surface area contributed by atoms with Crippen molar-refractivity contribution in [3.8, 4) is 0 Å². The van der Waals surface area contributed by atoms with E-state index in [4.69, 9.17) is 15.7 Å². The normalized spacial score (nSPS) is 19.2. The molecule has 2 atom stereocenters. The van der Waals surface area contributed by atoms with Gasteiger partial charge >= 0.3 is 5.97 Å². The number of nitrogens with one attached hydrogen (secondary N) is 2. The Morgan fingerprint density at radius 2 is 2.24 bits per heavy atom. The molecule has 1 unspecified atom stereocenters. The summed E-state index contributed by atoms with van der Waals surface area (Å²) in [6, 6.07) is 2.66. The van der Waals surface area contributed by atoms with E-state index in [2.05, 4.69) is 25.1 Å². The van der Waals surface area contributed by atoms with E-state index in [1.807, 2.05) is 6.07 Å². The van der Waals surface area contributed by atoms with Gasteiger partial charge in [0.2, 0.25) is 11.5 Å². The highest BCUT2D eigenvalue weighted by Crippen LogP contribution is 2.40. The number of carbonyl (C=O) groups is 3. The van der Waals surface area contributed by atoms with Crippen molar-refractivity contribution in [3.05, 3.63) is 41.6 Å². The average molecular weight is 550 g/mol. The molecule has 4 heterocycles. The predicted octanol–water partition coefficient (Wildman–Crippen LogP) is -1.01. The molecule has 0 aliphatic carbocycles. The summed E-state index contributed by atoms with van der Waals surface area (Å²) < 4.78 is 5.78. The van der Waals surface area contributed by atoms with Crippen molar-refractivity contribution in [3.63, 3.8) is 0 Å². The molecule has 2 aromatic rings. The van der Waals surface area contributed by atoms with Crippen molar-refractivity contribution in [2.75, 3.05) is 36.6 Å². The summed E-state index contributed by atoms with van der Waals surface area (Å²) in [5.74, 6) is -2.21. The summed E-state index contributed by atoms with van der Waals surface area (Å²) in [4.78, 5) is 48.3. The molecular formula is C21H25N8O6S2+. The van der Waals surface area contributed by atoms with Crippen LogP contribution in [0.2, 0.25) is 0 Å². The van der Waals surface area contributed by atoms with Gasteiger partial charge in [-0.2, -0.15) is 13.9 Å². The lowest BCUT2D eigenvalue weighted by molar-refractivity contribution is -0.688. The number of carboxylic acids is 1. The van der Waals surface area contributed by atoms with Crippen molar-refractivity contribution in [2.24, 2.45) is 5.16 Å². The third-order valence-corrected chi connectivity index (χ3v) is 7.24. The summed E-state index contributed by atoms with van der Waals surface area (Å²) in [5, 5.41) is 27.9. The minimum Gasteiger partial charge on any atom is -0.477 e. The quantitative estimate of drug-likeness (QED) is 0.0997. The molecule has 6 N–H and O–H groups in total. The van der Waals surface area contributed by atoms with E-state index in [0.717, 1.165) is 17.2 Å². The first-order valence-electron chi connectivity index (χ1n) is 11.2. The van der Waals surface area contributed by atoms with Gasteiger partial charge in [0.25, 0.3) is 11.8 Å². The van der Waals surface area contributed by atoms with E-state index in [1.54, 1.807) is 30.0 Å². The first kappa shape index (κ1) is 26.3. The van der Waals surface area contributed by atoms with Crippen molar-refractivity contribution >= 4 is 57.6 Å². The number of aliphatic hydroxyl groups is 1. The molecule has 2 aliphatic rings. The number of oxime groups is 1. The number of nitrogens with zero attached hydrogens (tertiary/aromatic N) is 5. The molecule has 196 valence electrons. The fraction of sp³-hybridized carbons (Fsp3) is 0.381. The molecule has 0 radical (unpaired) electrons. The molecule has 4 rings (SSSR count). The molecule has 0 saturated carbocycles. The third kappa shape index (κ3) is 5.65. The third-order valence-electron chi connectivity index (χ3n) is 5.36. The molecule has 2 aliphatic heterocycles. The largest absolute Gasteiger partial charge is 0.477 e. The van der Waals surface area contributed by atoms with Crippen LogP contribution in [0.4, 0.5) is 10.8 Å². The monoisotopic (exact) mass is 549 g/mol. The second-order valence-corrected chi connectivity index (χ2v) is 9.74. The maximum atomic E-state index is 13.0. The van der Waals surface area contributed by atoms with Crippen LogP contribution in [0.3, 0.4) is 0 Å². The van der Waals surface area contributed by atoms with Gasteiger partial charge in [0.15, 0.2) is 24.1 Å². The SMILES string of the molecule is CCON=C(C(=O)NC1C(=O)N2C(C(=O)O)=C(C[n+]3cccc(NCCO)c3)CS[C@@H]12)c1nsc(N)n1. The van der Waals surface area contributed by atoms with Crippen LogP contribution in [0.25, 0.3) is 0 Å². The number of carboxylic acid groups (broad SMARTS) is 1. The van der Waals surface area contributed by atoms with Gasteiger partial charge in [-0.05, 0) is 13.0 Å². The van der Waals surface area contributed by atoms with Crippen LogP contribution in [0.1, 0.15) is 12.7 Å². The number of aromatic nitrogens is 3. The van der Waals surface area contributed by atoms with Gasteiger partial charge in [-0.15, -0.1) is 11.8 Å². The van der Waals surface area contributed by atoms with Crippen LogP contribution in [0.5, 0.6) is 0 Å². The minimum atomic E-state index is -1.23. The van der Waals surface area contributed by atoms with E-state index in [1.165, 1.54) is 16.7 Å². The van der Waals surface area contributed by atoms with Crippen LogP contribution < -0.4 is 20.9 Å². The van der Waals surface area contributed by atoms with Gasteiger partial charge in [-0.3, -0.25) is 14.5 Å². The van der Waals surface area contributed by atoms with Crippen LogP contribution in [-0.2, 0) is 25.8 Å². The molecule has 37 heavy (non-hydrogen) atoms. The fourth-order valence-electron chi connectivity index (χ4n) is 3.80. The van der Waals surface area contributed by atoms with Gasteiger partial charge in [0.1, 0.15) is 23.7 Å². The highest BCUT2D eigenvalue weighted by atomic mass is 32.2. The number of fused-ring (bicyclic) bond motifs is 1. The summed E-state index contributed by atoms with van der Waals surface area (Å²) >= 11 is 2.23. The van der Waals surface area contributed by atoms with E-state index in [-0.39, 0.29) is 42.1 Å². The number of nitrogens with two attached hydrogens (primary N) is 1. The lowest BCUT2D eigenvalue weighted by Gasteiger charge is -2.49. The molecule has 1 saturated heterocycles. The summed E-state index contributed by atoms with van der Waals surface area (Å²) in [6.45, 7) is 2.48. The molecule has 0 bridgehead atoms. The van der Waals surface area contributed by atoms with Gasteiger partial charge in [-0.25, -0.2) is 4.79 Å². The number of carbonyl (C=O) groups excluding carboxylic acids is 2. The molecular weight excluding hydrogens is 524 g/mol. The Kier molecular flexibility index (Phi) is 8.20. The predicted molar refractivity (Wildman–Crippen MR) is 134 cm³/mol. The van der Waals surface area contributed by atoms with Crippen LogP contribution in [0, 0.1) is 0 Å². The second kappa shape index (κ2) is 11.5. The number of amides is 2. The number of hydrogen-bond acceptors (Lipinski definition) is 12. The number of anilines is 2. The van der Waals surface area contributed by atoms with Gasteiger partial charge in [-0.1, -0.05) is 5.16 Å². The van der Waals surface area contributed by atoms with E-state index in [0.29, 0.717) is 17.9 Å². The Morgan fingerprint density at radius 3 is 2.92 bits per heavy atom. The lowest BCUT2D eigenvalue weighted by atomic mass is 10.0. The molecule has 0 spiro atoms. The highest BCUT2D eigenvalue weighted by molar-refractivity contribution is 8.00. The van der Waals surface area contributed by atoms with Crippen molar-refractivity contribution in [2.45, 2.75) is 24.9 Å². The molecule has 2 aromatic heterocycles. The number of pyridine rings is 1. The van der Waals surface area contributed by atoms with Gasteiger partial charge < -0.3 is 31.4 Å². The number of hydrogen-bond donors (Lipinski definition) is 5. The highest BCUT2D eigenvalue weighted by Gasteiger charge is 2.54. The van der Waals surface area contributed by atoms with E-state index < -0.39 is 29.2 Å². The number of aliphatic carboxylic acids is 1. The van der Waals surface area contributed by atoms with Crippen LogP contribution >= 0.6 is 23.3 Å². The fourth-order valence-corrected chi connectivity index (χ4v) is 5.57. The maximum absolute atomic E-state index is 13.0. The Hall–Kier alpha value is -3.76. The molecule has 1 fully saturated rings. The number of aliphatic hydroxyl groups excluding tert-OH is 1. The first-order valence-corrected chi connectivity index (χ1v) is 13.0. The smallest absolute Gasteiger partial charge is 0.352 e. The Balaban J connectivity index is 1.51. The Labute approximate surface area is 219 Å². The molecule has 16 heteroatoms. The zero-order valence-corrected chi connectivity index (χ0v) is 21.3. The van der Waals surface area contributed by atoms with Crippen LogP contribution in [-0.4, -0.2) is 84.9 Å². The summed E-state index contributed by atoms with van der Waals surface area (Å²) in [6.07, 6.45) is 3.57. The molecule has 2 amide bonds. The molecule has 0 aromatic carbocycles. The van der Waals surface area contributed by atoms with Gasteiger partial charge in [0.05, 0.1) is 12.3 Å².